The molecular formula is C22H27N3O3S. The molecule has 0 saturated heterocycles. The number of rotatable bonds is 8. The van der Waals surface area contributed by atoms with Gasteiger partial charge in [-0.3, -0.25) is 4.79 Å². The van der Waals surface area contributed by atoms with Crippen molar-refractivity contribution < 1.29 is 13.2 Å². The minimum absolute atomic E-state index is 0.00216. The summed E-state index contributed by atoms with van der Waals surface area (Å²) in [6.45, 7) is 7.51. The monoisotopic (exact) mass is 413 g/mol. The zero-order chi connectivity index (χ0) is 21.7. The molecule has 0 fully saturated rings. The number of nitrogens with one attached hydrogen (secondary N) is 2. The van der Waals surface area contributed by atoms with Crippen molar-refractivity contribution in [2.45, 2.75) is 50.5 Å². The Morgan fingerprint density at radius 2 is 1.83 bits per heavy atom. The lowest BCUT2D eigenvalue weighted by Crippen LogP contribution is -2.37. The third kappa shape index (κ3) is 5.89. The molecule has 7 heteroatoms. The molecule has 2 N–H and O–H groups in total. The van der Waals surface area contributed by atoms with Gasteiger partial charge in [0.1, 0.15) is 0 Å². The van der Waals surface area contributed by atoms with Crippen molar-refractivity contribution in [2.75, 3.05) is 6.54 Å². The molecule has 0 radical (unpaired) electrons. The van der Waals surface area contributed by atoms with Gasteiger partial charge in [-0.25, -0.2) is 8.42 Å². The normalized spacial score (nSPS) is 12.8. The summed E-state index contributed by atoms with van der Waals surface area (Å²) in [5, 5.41) is 11.6. The van der Waals surface area contributed by atoms with Gasteiger partial charge in [-0.15, -0.1) is 0 Å². The van der Waals surface area contributed by atoms with Gasteiger partial charge in [0.05, 0.1) is 17.5 Å². The maximum atomic E-state index is 12.7. The zero-order valence-electron chi connectivity index (χ0n) is 17.2. The van der Waals surface area contributed by atoms with Crippen LogP contribution in [0.5, 0.6) is 0 Å². The van der Waals surface area contributed by atoms with Gasteiger partial charge in [-0.2, -0.15) is 9.98 Å². The van der Waals surface area contributed by atoms with E-state index in [0.717, 1.165) is 6.42 Å². The first-order chi connectivity index (χ1) is 13.6. The smallest absolute Gasteiger partial charge is 0.251 e. The van der Waals surface area contributed by atoms with Crippen LogP contribution in [0.3, 0.4) is 0 Å². The van der Waals surface area contributed by atoms with Gasteiger partial charge in [0.15, 0.2) is 0 Å². The second kappa shape index (κ2) is 9.21. The largest absolute Gasteiger partial charge is 0.350 e. The molecule has 154 valence electrons. The molecule has 6 nitrogen and oxygen atoms in total. The molecule has 0 spiro atoms. The highest BCUT2D eigenvalue weighted by Crippen LogP contribution is 2.28. The molecule has 29 heavy (non-hydrogen) atoms. The minimum atomic E-state index is -3.85. The molecule has 1 amide bonds. The van der Waals surface area contributed by atoms with Gasteiger partial charge in [0.25, 0.3) is 5.91 Å². The van der Waals surface area contributed by atoms with E-state index in [4.69, 9.17) is 5.26 Å². The molecule has 0 aliphatic rings. The van der Waals surface area contributed by atoms with Gasteiger partial charge < -0.3 is 5.32 Å². The van der Waals surface area contributed by atoms with Crippen LogP contribution in [-0.2, 0) is 15.4 Å². The summed E-state index contributed by atoms with van der Waals surface area (Å²) < 4.78 is 26.9. The molecule has 1 unspecified atom stereocenters. The number of amides is 1. The quantitative estimate of drug-likeness (QED) is 0.649. The van der Waals surface area contributed by atoms with Gasteiger partial charge in [0.2, 0.25) is 10.0 Å². The number of hydrogen-bond acceptors (Lipinski definition) is 4. The zero-order valence-corrected chi connectivity index (χ0v) is 18.0. The second-order valence-corrected chi connectivity index (χ2v) is 9.53. The van der Waals surface area contributed by atoms with Gasteiger partial charge >= 0.3 is 0 Å². The van der Waals surface area contributed by atoms with Crippen LogP contribution in [0.4, 0.5) is 0 Å². The predicted octanol–water partition coefficient (Wildman–Crippen LogP) is 3.28. The number of benzene rings is 2. The highest BCUT2D eigenvalue weighted by Gasteiger charge is 2.25. The maximum Gasteiger partial charge on any atom is 0.251 e. The number of sulfonamides is 1. The first-order valence-corrected chi connectivity index (χ1v) is 10.9. The van der Waals surface area contributed by atoms with Gasteiger partial charge in [-0.05, 0) is 48.9 Å². The predicted molar refractivity (Wildman–Crippen MR) is 113 cm³/mol. The minimum Gasteiger partial charge on any atom is -0.350 e. The van der Waals surface area contributed by atoms with Crippen molar-refractivity contribution in [3.63, 3.8) is 0 Å². The first-order valence-electron chi connectivity index (χ1n) is 9.40. The summed E-state index contributed by atoms with van der Waals surface area (Å²) in [7, 11) is -3.85. The molecule has 0 aliphatic heterocycles. The lowest BCUT2D eigenvalue weighted by atomic mass is 9.79. The van der Waals surface area contributed by atoms with Crippen molar-refractivity contribution >= 4 is 15.9 Å². The van der Waals surface area contributed by atoms with Crippen LogP contribution in [-0.4, -0.2) is 26.9 Å². The van der Waals surface area contributed by atoms with Crippen LogP contribution in [0.15, 0.2) is 53.4 Å². The Hall–Kier alpha value is -2.69. The molecule has 1 atom stereocenters. The fourth-order valence-corrected chi connectivity index (χ4v) is 4.55. The third-order valence-corrected chi connectivity index (χ3v) is 6.37. The Morgan fingerprint density at radius 3 is 2.45 bits per heavy atom. The summed E-state index contributed by atoms with van der Waals surface area (Å²) in [5.74, 6) is -0.335. The number of nitriles is 1. The Kier molecular flexibility index (Phi) is 7.17. The maximum absolute atomic E-state index is 12.7. The van der Waals surface area contributed by atoms with Crippen LogP contribution < -0.4 is 10.0 Å². The Balaban J connectivity index is 2.15. The molecule has 0 saturated carbocycles. The van der Waals surface area contributed by atoms with E-state index in [2.05, 4.69) is 36.0 Å². The Labute approximate surface area is 173 Å². The molecule has 0 bridgehead atoms. The lowest BCUT2D eigenvalue weighted by Gasteiger charge is -2.29. The Bertz CT molecular complexity index is 1010. The third-order valence-electron chi connectivity index (χ3n) is 4.83. The standard InChI is InChI=1S/C22H27N3O3S/c1-16-10-11-18(14-20(16)29(27,28)24-13-12-23)21(26)25-17(2)15-22(3,4)19-8-6-5-7-9-19/h5-11,14,17,24H,13,15H2,1-4H3,(H,25,26). The average molecular weight is 414 g/mol. The molecule has 0 aromatic heterocycles. The van der Waals surface area contributed by atoms with Crippen molar-refractivity contribution in [3.05, 3.63) is 65.2 Å². The van der Waals surface area contributed by atoms with E-state index in [0.29, 0.717) is 5.56 Å². The summed E-state index contributed by atoms with van der Waals surface area (Å²) in [5.41, 5.74) is 1.83. The van der Waals surface area contributed by atoms with Crippen molar-refractivity contribution in [2.24, 2.45) is 0 Å². The van der Waals surface area contributed by atoms with Crippen LogP contribution in [0, 0.1) is 18.3 Å². The van der Waals surface area contributed by atoms with E-state index in [9.17, 15) is 13.2 Å². The van der Waals surface area contributed by atoms with Crippen molar-refractivity contribution in [3.8, 4) is 6.07 Å². The van der Waals surface area contributed by atoms with E-state index >= 15 is 0 Å². The van der Waals surface area contributed by atoms with E-state index < -0.39 is 10.0 Å². The number of carbonyl (C=O) groups is 1. The molecule has 2 rings (SSSR count). The van der Waals surface area contributed by atoms with Gasteiger partial charge in [0, 0.05) is 11.6 Å². The fraction of sp³-hybridized carbons (Fsp3) is 0.364. The molecule has 2 aromatic carbocycles. The second-order valence-electron chi connectivity index (χ2n) is 7.79. The SMILES string of the molecule is Cc1ccc(C(=O)NC(C)CC(C)(C)c2ccccc2)cc1S(=O)(=O)NCC#N. The lowest BCUT2D eigenvalue weighted by molar-refractivity contribution is 0.0934. The average Bonchev–Trinajstić information content (AvgIpc) is 2.66. The van der Waals surface area contributed by atoms with Crippen molar-refractivity contribution in [1.29, 1.82) is 5.26 Å². The van der Waals surface area contributed by atoms with Crippen LogP contribution in [0.1, 0.15) is 48.7 Å². The first kappa shape index (κ1) is 22.6. The van der Waals surface area contributed by atoms with E-state index in [-0.39, 0.29) is 34.4 Å². The highest BCUT2D eigenvalue weighted by molar-refractivity contribution is 7.89. The topological polar surface area (TPSA) is 99.1 Å². The number of carbonyl (C=O) groups excluding carboxylic acids is 1. The van der Waals surface area contributed by atoms with E-state index in [1.165, 1.54) is 11.6 Å². The number of hydrogen-bond donors (Lipinski definition) is 2. The molecule has 0 aliphatic carbocycles. The number of aryl methyl sites for hydroxylation is 1. The molecular weight excluding hydrogens is 386 g/mol. The summed E-state index contributed by atoms with van der Waals surface area (Å²) >= 11 is 0. The molecule has 0 heterocycles. The van der Waals surface area contributed by atoms with Gasteiger partial charge in [-0.1, -0.05) is 50.2 Å². The van der Waals surface area contributed by atoms with Crippen LogP contribution in [0.25, 0.3) is 0 Å². The van der Waals surface area contributed by atoms with E-state index in [1.54, 1.807) is 25.1 Å². The van der Waals surface area contributed by atoms with Crippen molar-refractivity contribution in [1.82, 2.24) is 10.0 Å². The summed E-state index contributed by atoms with van der Waals surface area (Å²) in [4.78, 5) is 12.7. The van der Waals surface area contributed by atoms with Crippen LogP contribution in [0.2, 0.25) is 0 Å². The van der Waals surface area contributed by atoms with Crippen LogP contribution >= 0.6 is 0 Å². The summed E-state index contributed by atoms with van der Waals surface area (Å²) in [6.07, 6.45) is 0.726. The molecule has 2 aromatic rings. The summed E-state index contributed by atoms with van der Waals surface area (Å²) in [6, 6.07) is 16.3. The highest BCUT2D eigenvalue weighted by atomic mass is 32.2. The number of nitrogens with zero attached hydrogens (tertiary/aromatic N) is 1. The van der Waals surface area contributed by atoms with E-state index in [1.807, 2.05) is 25.1 Å². The Morgan fingerprint density at radius 1 is 1.17 bits per heavy atom. The fourth-order valence-electron chi connectivity index (χ4n) is 3.37.